The van der Waals surface area contributed by atoms with Crippen LogP contribution >= 0.6 is 22.9 Å². The van der Waals surface area contributed by atoms with Gasteiger partial charge in [-0.1, -0.05) is 12.8 Å². The van der Waals surface area contributed by atoms with E-state index in [0.29, 0.717) is 5.41 Å². The second-order valence-corrected chi connectivity index (χ2v) is 5.95. The van der Waals surface area contributed by atoms with E-state index in [1.54, 1.807) is 11.3 Å². The molecule has 1 aliphatic rings. The van der Waals surface area contributed by atoms with Gasteiger partial charge in [-0.2, -0.15) is 11.3 Å². The maximum absolute atomic E-state index is 6.10. The molecule has 2 rings (SSSR count). The van der Waals surface area contributed by atoms with Crippen molar-refractivity contribution in [2.24, 2.45) is 5.41 Å². The first-order valence-electron chi connectivity index (χ1n) is 6.12. The number of thiophene rings is 1. The SMILES string of the molecule is ClCC1(CNCCc2ccsc2)CCCC1. The summed E-state index contributed by atoms with van der Waals surface area (Å²) < 4.78 is 0. The Balaban J connectivity index is 1.67. The number of alkyl halides is 1. The summed E-state index contributed by atoms with van der Waals surface area (Å²) in [5, 5.41) is 7.95. The van der Waals surface area contributed by atoms with Crippen LogP contribution in [-0.4, -0.2) is 19.0 Å². The van der Waals surface area contributed by atoms with Crippen LogP contribution < -0.4 is 5.32 Å². The average Bonchev–Trinajstić information content (AvgIpc) is 2.97. The fourth-order valence-corrected chi connectivity index (χ4v) is 3.57. The van der Waals surface area contributed by atoms with Crippen LogP contribution in [0.2, 0.25) is 0 Å². The molecule has 1 N–H and O–H groups in total. The van der Waals surface area contributed by atoms with Gasteiger partial charge in [-0.15, -0.1) is 11.6 Å². The number of halogens is 1. The standard InChI is InChI=1S/C13H20ClNS/c14-10-13(5-1-2-6-13)11-15-7-3-12-4-8-16-9-12/h4,8-9,15H,1-3,5-7,10-11H2. The summed E-state index contributed by atoms with van der Waals surface area (Å²) in [5.41, 5.74) is 1.85. The van der Waals surface area contributed by atoms with Crippen LogP contribution in [0.4, 0.5) is 0 Å². The van der Waals surface area contributed by atoms with E-state index in [9.17, 15) is 0 Å². The highest BCUT2D eigenvalue weighted by molar-refractivity contribution is 7.07. The second kappa shape index (κ2) is 6.04. The van der Waals surface area contributed by atoms with Gasteiger partial charge in [0, 0.05) is 12.4 Å². The quantitative estimate of drug-likeness (QED) is 0.606. The zero-order chi connectivity index (χ0) is 11.3. The second-order valence-electron chi connectivity index (χ2n) is 4.90. The summed E-state index contributed by atoms with van der Waals surface area (Å²) in [6, 6.07) is 2.21. The van der Waals surface area contributed by atoms with E-state index in [0.717, 1.165) is 25.4 Å². The van der Waals surface area contributed by atoms with E-state index in [4.69, 9.17) is 11.6 Å². The van der Waals surface area contributed by atoms with Crippen LogP contribution in [-0.2, 0) is 6.42 Å². The molecule has 16 heavy (non-hydrogen) atoms. The van der Waals surface area contributed by atoms with Gasteiger partial charge in [-0.05, 0) is 53.6 Å². The van der Waals surface area contributed by atoms with Gasteiger partial charge in [0.15, 0.2) is 0 Å². The number of nitrogens with one attached hydrogen (secondary N) is 1. The lowest BCUT2D eigenvalue weighted by molar-refractivity contribution is 0.322. The Morgan fingerprint density at radius 1 is 1.38 bits per heavy atom. The molecular weight excluding hydrogens is 238 g/mol. The lowest BCUT2D eigenvalue weighted by Crippen LogP contribution is -2.34. The average molecular weight is 258 g/mol. The van der Waals surface area contributed by atoms with Gasteiger partial charge < -0.3 is 5.32 Å². The third-order valence-electron chi connectivity index (χ3n) is 3.62. The predicted molar refractivity (Wildman–Crippen MR) is 72.5 cm³/mol. The topological polar surface area (TPSA) is 12.0 Å². The molecule has 90 valence electrons. The molecule has 0 radical (unpaired) electrons. The molecule has 0 unspecified atom stereocenters. The molecule has 1 fully saturated rings. The fraction of sp³-hybridized carbons (Fsp3) is 0.692. The van der Waals surface area contributed by atoms with E-state index in [1.807, 2.05) is 0 Å². The van der Waals surface area contributed by atoms with Crippen molar-refractivity contribution in [1.29, 1.82) is 0 Å². The van der Waals surface area contributed by atoms with Crippen molar-refractivity contribution in [1.82, 2.24) is 5.32 Å². The van der Waals surface area contributed by atoms with E-state index in [-0.39, 0.29) is 0 Å². The minimum atomic E-state index is 0.399. The van der Waals surface area contributed by atoms with Gasteiger partial charge in [0.2, 0.25) is 0 Å². The van der Waals surface area contributed by atoms with Crippen molar-refractivity contribution in [3.63, 3.8) is 0 Å². The van der Waals surface area contributed by atoms with Gasteiger partial charge in [0.25, 0.3) is 0 Å². The van der Waals surface area contributed by atoms with Crippen LogP contribution in [0.25, 0.3) is 0 Å². The highest BCUT2D eigenvalue weighted by Gasteiger charge is 2.32. The van der Waals surface area contributed by atoms with Crippen molar-refractivity contribution in [2.75, 3.05) is 19.0 Å². The van der Waals surface area contributed by atoms with E-state index < -0.39 is 0 Å². The summed E-state index contributed by atoms with van der Waals surface area (Å²) in [4.78, 5) is 0. The van der Waals surface area contributed by atoms with Crippen molar-refractivity contribution in [2.45, 2.75) is 32.1 Å². The summed E-state index contributed by atoms with van der Waals surface area (Å²) in [7, 11) is 0. The Kier molecular flexibility index (Phi) is 4.68. The van der Waals surface area contributed by atoms with Crippen LogP contribution in [0.3, 0.4) is 0 Å². The van der Waals surface area contributed by atoms with Gasteiger partial charge in [0.05, 0.1) is 0 Å². The third kappa shape index (κ3) is 3.22. The van der Waals surface area contributed by atoms with Gasteiger partial charge >= 0.3 is 0 Å². The number of rotatable bonds is 6. The van der Waals surface area contributed by atoms with Crippen molar-refractivity contribution < 1.29 is 0 Å². The Morgan fingerprint density at radius 3 is 2.81 bits per heavy atom. The molecule has 1 saturated carbocycles. The first-order chi connectivity index (χ1) is 7.85. The molecular formula is C13H20ClNS. The Bertz CT molecular complexity index is 291. The number of hydrogen-bond donors (Lipinski definition) is 1. The van der Waals surface area contributed by atoms with Crippen LogP contribution in [0, 0.1) is 5.41 Å². The maximum atomic E-state index is 6.10. The maximum Gasteiger partial charge on any atom is 0.0292 e. The summed E-state index contributed by atoms with van der Waals surface area (Å²) in [6.45, 7) is 2.18. The van der Waals surface area contributed by atoms with E-state index in [2.05, 4.69) is 22.1 Å². The summed E-state index contributed by atoms with van der Waals surface area (Å²) >= 11 is 7.88. The lowest BCUT2D eigenvalue weighted by Gasteiger charge is -2.26. The van der Waals surface area contributed by atoms with Crippen molar-refractivity contribution >= 4 is 22.9 Å². The molecule has 3 heteroatoms. The monoisotopic (exact) mass is 257 g/mol. The normalized spacial score (nSPS) is 19.1. The molecule has 0 aliphatic heterocycles. The van der Waals surface area contributed by atoms with Crippen LogP contribution in [0.15, 0.2) is 16.8 Å². The molecule has 0 atom stereocenters. The zero-order valence-corrected chi connectivity index (χ0v) is 11.2. The highest BCUT2D eigenvalue weighted by Crippen LogP contribution is 2.38. The highest BCUT2D eigenvalue weighted by atomic mass is 35.5. The van der Waals surface area contributed by atoms with Crippen LogP contribution in [0.1, 0.15) is 31.2 Å². The largest absolute Gasteiger partial charge is 0.316 e. The zero-order valence-electron chi connectivity index (χ0n) is 9.68. The van der Waals surface area contributed by atoms with E-state index >= 15 is 0 Å². The Labute approximate surface area is 107 Å². The molecule has 1 heterocycles. The Hall–Kier alpha value is -0.0500. The molecule has 0 aromatic carbocycles. The molecule has 1 nitrogen and oxygen atoms in total. The first-order valence-corrected chi connectivity index (χ1v) is 7.60. The minimum absolute atomic E-state index is 0.399. The molecule has 1 aliphatic carbocycles. The first kappa shape index (κ1) is 12.4. The van der Waals surface area contributed by atoms with Gasteiger partial charge in [-0.25, -0.2) is 0 Å². The van der Waals surface area contributed by atoms with E-state index in [1.165, 1.54) is 31.2 Å². The molecule has 1 aromatic heterocycles. The molecule has 0 amide bonds. The molecule has 0 bridgehead atoms. The van der Waals surface area contributed by atoms with Gasteiger partial charge in [0.1, 0.15) is 0 Å². The van der Waals surface area contributed by atoms with Crippen molar-refractivity contribution in [3.8, 4) is 0 Å². The van der Waals surface area contributed by atoms with Crippen molar-refractivity contribution in [3.05, 3.63) is 22.4 Å². The Morgan fingerprint density at radius 2 is 2.19 bits per heavy atom. The molecule has 1 aromatic rings. The molecule has 0 spiro atoms. The summed E-state index contributed by atoms with van der Waals surface area (Å²) in [6.07, 6.45) is 6.48. The summed E-state index contributed by atoms with van der Waals surface area (Å²) in [5.74, 6) is 0.818. The smallest absolute Gasteiger partial charge is 0.0292 e. The van der Waals surface area contributed by atoms with Crippen LogP contribution in [0.5, 0.6) is 0 Å². The minimum Gasteiger partial charge on any atom is -0.316 e. The fourth-order valence-electron chi connectivity index (χ4n) is 2.50. The van der Waals surface area contributed by atoms with Gasteiger partial charge in [-0.3, -0.25) is 0 Å². The predicted octanol–water partition coefficient (Wildman–Crippen LogP) is 3.68. The lowest BCUT2D eigenvalue weighted by atomic mass is 9.88. The number of hydrogen-bond acceptors (Lipinski definition) is 2. The third-order valence-corrected chi connectivity index (χ3v) is 4.92. The molecule has 0 saturated heterocycles.